The number of hydrogen-bond acceptors (Lipinski definition) is 3. The lowest BCUT2D eigenvalue weighted by molar-refractivity contribution is 0.609. The molecule has 0 radical (unpaired) electrons. The molecule has 1 aromatic heterocycles. The maximum atomic E-state index is 11.9. The van der Waals surface area contributed by atoms with Crippen LogP contribution in [0.25, 0.3) is 10.9 Å². The molecule has 0 aliphatic carbocycles. The standard InChI is InChI=1S/C9H4Cl3NO3S/c10-4-1-5-8(6(11)2-4)13-3-7(9(5)14)17(12,15)16/h1-3H,(H,13,14). The molecule has 0 aliphatic heterocycles. The van der Waals surface area contributed by atoms with E-state index in [0.717, 1.165) is 6.20 Å². The van der Waals surface area contributed by atoms with Gasteiger partial charge in [0.2, 0.25) is 5.43 Å². The lowest BCUT2D eigenvalue weighted by Crippen LogP contribution is -2.12. The van der Waals surface area contributed by atoms with Gasteiger partial charge in [0.15, 0.2) is 0 Å². The minimum absolute atomic E-state index is 0.0734. The monoisotopic (exact) mass is 311 g/mol. The molecule has 0 saturated carbocycles. The van der Waals surface area contributed by atoms with Crippen molar-refractivity contribution in [2.45, 2.75) is 4.90 Å². The molecule has 1 heterocycles. The maximum Gasteiger partial charge on any atom is 0.266 e. The summed E-state index contributed by atoms with van der Waals surface area (Å²) in [5, 5.41) is 0.532. The molecular weight excluding hydrogens is 309 g/mol. The van der Waals surface area contributed by atoms with Crippen molar-refractivity contribution >= 4 is 53.8 Å². The summed E-state index contributed by atoms with van der Waals surface area (Å²) < 4.78 is 22.3. The molecule has 2 aromatic rings. The molecule has 0 amide bonds. The molecule has 1 N–H and O–H groups in total. The highest BCUT2D eigenvalue weighted by Gasteiger charge is 2.18. The smallest absolute Gasteiger partial charge is 0.266 e. The van der Waals surface area contributed by atoms with E-state index in [2.05, 4.69) is 4.98 Å². The molecule has 17 heavy (non-hydrogen) atoms. The van der Waals surface area contributed by atoms with E-state index in [-0.39, 0.29) is 15.4 Å². The Balaban J connectivity index is 3.00. The van der Waals surface area contributed by atoms with Crippen molar-refractivity contribution in [3.8, 4) is 0 Å². The predicted octanol–water partition coefficient (Wildman–Crippen LogP) is 2.76. The van der Waals surface area contributed by atoms with E-state index in [1.807, 2.05) is 0 Å². The van der Waals surface area contributed by atoms with Gasteiger partial charge in [-0.2, -0.15) is 0 Å². The normalized spacial score (nSPS) is 11.9. The highest BCUT2D eigenvalue weighted by Crippen LogP contribution is 2.25. The van der Waals surface area contributed by atoms with Crippen molar-refractivity contribution in [2.75, 3.05) is 0 Å². The zero-order chi connectivity index (χ0) is 12.8. The number of hydrogen-bond donors (Lipinski definition) is 1. The minimum atomic E-state index is -4.11. The fraction of sp³-hybridized carbons (Fsp3) is 0. The third kappa shape index (κ3) is 2.28. The molecule has 0 saturated heterocycles. The van der Waals surface area contributed by atoms with Gasteiger partial charge in [-0.25, -0.2) is 8.42 Å². The summed E-state index contributed by atoms with van der Waals surface area (Å²) in [4.78, 5) is 13.9. The molecule has 4 nitrogen and oxygen atoms in total. The molecule has 0 bridgehead atoms. The average molecular weight is 313 g/mol. The van der Waals surface area contributed by atoms with Crippen LogP contribution in [0.4, 0.5) is 0 Å². The van der Waals surface area contributed by atoms with Gasteiger partial charge in [-0.1, -0.05) is 23.2 Å². The number of rotatable bonds is 1. The predicted molar refractivity (Wildman–Crippen MR) is 67.6 cm³/mol. The first kappa shape index (κ1) is 12.7. The summed E-state index contributed by atoms with van der Waals surface area (Å²) >= 11 is 11.6. The third-order valence-electron chi connectivity index (χ3n) is 2.13. The second-order valence-corrected chi connectivity index (χ2v) is 6.61. The van der Waals surface area contributed by atoms with Crippen molar-refractivity contribution in [3.63, 3.8) is 0 Å². The number of aromatic nitrogens is 1. The molecule has 8 heteroatoms. The van der Waals surface area contributed by atoms with Gasteiger partial charge in [0, 0.05) is 27.3 Å². The molecule has 0 fully saturated rings. The molecule has 0 unspecified atom stereocenters. The van der Waals surface area contributed by atoms with Crippen molar-refractivity contribution in [3.05, 3.63) is 38.6 Å². The Bertz CT molecular complexity index is 767. The van der Waals surface area contributed by atoms with Gasteiger partial charge in [-0.05, 0) is 12.1 Å². The van der Waals surface area contributed by atoms with Gasteiger partial charge in [0.1, 0.15) is 4.90 Å². The Morgan fingerprint density at radius 1 is 1.18 bits per heavy atom. The first-order chi connectivity index (χ1) is 7.80. The van der Waals surface area contributed by atoms with E-state index in [4.69, 9.17) is 33.9 Å². The second-order valence-electron chi connectivity index (χ2n) is 3.23. The lowest BCUT2D eigenvalue weighted by Gasteiger charge is -2.03. The van der Waals surface area contributed by atoms with Gasteiger partial charge in [0.05, 0.1) is 10.5 Å². The summed E-state index contributed by atoms with van der Waals surface area (Å²) in [6.45, 7) is 0. The lowest BCUT2D eigenvalue weighted by atomic mass is 10.2. The fourth-order valence-corrected chi connectivity index (χ4v) is 2.84. The highest BCUT2D eigenvalue weighted by atomic mass is 35.7. The zero-order valence-electron chi connectivity index (χ0n) is 8.00. The van der Waals surface area contributed by atoms with Gasteiger partial charge in [-0.3, -0.25) is 4.79 Å². The van der Waals surface area contributed by atoms with Crippen molar-refractivity contribution in [1.82, 2.24) is 4.98 Å². The Morgan fingerprint density at radius 3 is 2.41 bits per heavy atom. The van der Waals surface area contributed by atoms with Crippen LogP contribution in [-0.4, -0.2) is 13.4 Å². The van der Waals surface area contributed by atoms with Gasteiger partial charge in [0.25, 0.3) is 9.05 Å². The van der Waals surface area contributed by atoms with Crippen LogP contribution in [0.15, 0.2) is 28.0 Å². The number of halogens is 3. The van der Waals surface area contributed by atoms with Crippen LogP contribution in [0, 0.1) is 0 Å². The van der Waals surface area contributed by atoms with Crippen molar-refractivity contribution in [2.24, 2.45) is 0 Å². The first-order valence-corrected chi connectivity index (χ1v) is 7.32. The van der Waals surface area contributed by atoms with E-state index in [0.29, 0.717) is 5.52 Å². The summed E-state index contributed by atoms with van der Waals surface area (Å²) in [6.07, 6.45) is 1.01. The largest absolute Gasteiger partial charge is 0.358 e. The Labute approximate surface area is 111 Å². The van der Waals surface area contributed by atoms with Crippen LogP contribution in [-0.2, 0) is 9.05 Å². The van der Waals surface area contributed by atoms with Gasteiger partial charge < -0.3 is 4.98 Å². The molecular formula is C9H4Cl3NO3S. The van der Waals surface area contributed by atoms with Crippen LogP contribution < -0.4 is 5.43 Å². The SMILES string of the molecule is O=c1c(S(=O)(=O)Cl)c[nH]c2c(Cl)cc(Cl)cc12. The van der Waals surface area contributed by atoms with Gasteiger partial charge >= 0.3 is 0 Å². The minimum Gasteiger partial charge on any atom is -0.358 e. The van der Waals surface area contributed by atoms with Crippen LogP contribution in [0.3, 0.4) is 0 Å². The Morgan fingerprint density at radius 2 is 1.82 bits per heavy atom. The quantitative estimate of drug-likeness (QED) is 0.823. The summed E-state index contributed by atoms with van der Waals surface area (Å²) in [6, 6.07) is 2.77. The second kappa shape index (κ2) is 4.17. The van der Waals surface area contributed by atoms with E-state index in [1.165, 1.54) is 12.1 Å². The van der Waals surface area contributed by atoms with E-state index >= 15 is 0 Å². The number of benzene rings is 1. The molecule has 0 spiro atoms. The number of fused-ring (bicyclic) bond motifs is 1. The molecule has 0 aliphatic rings. The zero-order valence-corrected chi connectivity index (χ0v) is 11.1. The first-order valence-electron chi connectivity index (χ1n) is 4.26. The van der Waals surface area contributed by atoms with Crippen molar-refractivity contribution in [1.29, 1.82) is 0 Å². The Kier molecular flexibility index (Phi) is 3.12. The van der Waals surface area contributed by atoms with Gasteiger partial charge in [-0.15, -0.1) is 0 Å². The fourth-order valence-electron chi connectivity index (χ4n) is 1.42. The molecule has 1 aromatic carbocycles. The van der Waals surface area contributed by atoms with E-state index < -0.39 is 19.4 Å². The number of aromatic amines is 1. The molecule has 0 atom stereocenters. The molecule has 2 rings (SSSR count). The van der Waals surface area contributed by atoms with Crippen LogP contribution in [0.5, 0.6) is 0 Å². The summed E-state index contributed by atoms with van der Waals surface area (Å²) in [5.74, 6) is 0. The van der Waals surface area contributed by atoms with Crippen LogP contribution >= 0.6 is 33.9 Å². The highest BCUT2D eigenvalue weighted by molar-refractivity contribution is 8.13. The Hall–Kier alpha value is -0.750. The number of nitrogens with one attached hydrogen (secondary N) is 1. The third-order valence-corrected chi connectivity index (χ3v) is 3.98. The molecule has 90 valence electrons. The number of pyridine rings is 1. The van der Waals surface area contributed by atoms with Crippen LogP contribution in [0.2, 0.25) is 10.0 Å². The van der Waals surface area contributed by atoms with E-state index in [1.54, 1.807) is 0 Å². The van der Waals surface area contributed by atoms with Crippen LogP contribution in [0.1, 0.15) is 0 Å². The average Bonchev–Trinajstić information content (AvgIpc) is 2.17. The maximum absolute atomic E-state index is 11.9. The van der Waals surface area contributed by atoms with Crippen molar-refractivity contribution < 1.29 is 8.42 Å². The number of H-pyrrole nitrogens is 1. The summed E-state index contributed by atoms with van der Waals surface area (Å²) in [7, 11) is 1.02. The summed E-state index contributed by atoms with van der Waals surface area (Å²) in [5.41, 5.74) is -0.428. The van der Waals surface area contributed by atoms with E-state index in [9.17, 15) is 13.2 Å². The topological polar surface area (TPSA) is 67.0 Å².